The summed E-state index contributed by atoms with van der Waals surface area (Å²) in [6, 6.07) is 4.85. The summed E-state index contributed by atoms with van der Waals surface area (Å²) in [6.07, 6.45) is 0.131. The van der Waals surface area contributed by atoms with Gasteiger partial charge in [0, 0.05) is 0 Å². The number of methoxy groups -OCH3 is 1. The Bertz CT molecular complexity index is 422. The molecule has 5 nitrogen and oxygen atoms in total. The van der Waals surface area contributed by atoms with Gasteiger partial charge in [0.25, 0.3) is 0 Å². The molecule has 0 saturated heterocycles. The molecule has 1 rings (SSSR count). The predicted octanol–water partition coefficient (Wildman–Crippen LogP) is 3.17. The van der Waals surface area contributed by atoms with E-state index >= 15 is 0 Å². The average molecular weight is 274 g/mol. The third-order valence-electron chi connectivity index (χ3n) is 2.27. The van der Waals surface area contributed by atoms with Crippen LogP contribution in [0.15, 0.2) is 18.2 Å². The molecule has 0 saturated carbocycles. The monoisotopic (exact) mass is 274 g/mol. The lowest BCUT2D eigenvalue weighted by atomic mass is 10.2. The Balaban J connectivity index is 2.87. The zero-order chi connectivity index (χ0) is 13.6. The molecule has 6 heteroatoms. The van der Waals surface area contributed by atoms with Crippen molar-refractivity contribution in [3.63, 3.8) is 0 Å². The van der Waals surface area contributed by atoms with E-state index in [0.29, 0.717) is 24.5 Å². The average Bonchev–Trinajstić information content (AvgIpc) is 2.29. The molecule has 0 atom stereocenters. The van der Waals surface area contributed by atoms with E-state index in [0.717, 1.165) is 0 Å². The standard InChI is InChI=1S/C12H19O5P/c1-4-16-18(14,17-5-2)9-10-6-7-12(15-3)11(13)8-10/h6-8,13H,4-5,9H2,1-3H3. The molecule has 102 valence electrons. The zero-order valence-electron chi connectivity index (χ0n) is 10.9. The second-order valence-electron chi connectivity index (χ2n) is 3.61. The van der Waals surface area contributed by atoms with Gasteiger partial charge < -0.3 is 18.9 Å². The summed E-state index contributed by atoms with van der Waals surface area (Å²) in [6.45, 7) is 4.16. The van der Waals surface area contributed by atoms with Gasteiger partial charge in [-0.3, -0.25) is 4.57 Å². The molecule has 0 aliphatic carbocycles. The van der Waals surface area contributed by atoms with Crippen molar-refractivity contribution in [1.82, 2.24) is 0 Å². The van der Waals surface area contributed by atoms with Gasteiger partial charge in [0.1, 0.15) is 0 Å². The fourth-order valence-electron chi connectivity index (χ4n) is 1.58. The first-order chi connectivity index (χ1) is 8.54. The van der Waals surface area contributed by atoms with Gasteiger partial charge >= 0.3 is 7.60 Å². The van der Waals surface area contributed by atoms with E-state index in [1.165, 1.54) is 13.2 Å². The molecular formula is C12H19O5P. The van der Waals surface area contributed by atoms with Crippen LogP contribution in [0.2, 0.25) is 0 Å². The molecule has 0 aliphatic rings. The molecule has 1 aromatic carbocycles. The molecule has 1 N–H and O–H groups in total. The minimum Gasteiger partial charge on any atom is -0.504 e. The highest BCUT2D eigenvalue weighted by Crippen LogP contribution is 2.51. The minimum absolute atomic E-state index is 0.00884. The van der Waals surface area contributed by atoms with Crippen molar-refractivity contribution in [2.24, 2.45) is 0 Å². The maximum Gasteiger partial charge on any atom is 0.335 e. The third-order valence-corrected chi connectivity index (χ3v) is 4.33. The van der Waals surface area contributed by atoms with Gasteiger partial charge in [-0.05, 0) is 31.5 Å². The number of ether oxygens (including phenoxy) is 1. The molecule has 0 aliphatic heterocycles. The summed E-state index contributed by atoms with van der Waals surface area (Å²) in [5.74, 6) is 0.385. The van der Waals surface area contributed by atoms with Crippen molar-refractivity contribution in [2.75, 3.05) is 20.3 Å². The number of phenols is 1. The molecule has 0 amide bonds. The fourth-order valence-corrected chi connectivity index (χ4v) is 3.27. The quantitative estimate of drug-likeness (QED) is 0.774. The van der Waals surface area contributed by atoms with Gasteiger partial charge in [-0.2, -0.15) is 0 Å². The second-order valence-corrected chi connectivity index (χ2v) is 5.67. The van der Waals surface area contributed by atoms with Gasteiger partial charge in [-0.1, -0.05) is 6.07 Å². The molecule has 18 heavy (non-hydrogen) atoms. The highest BCUT2D eigenvalue weighted by molar-refractivity contribution is 7.53. The summed E-state index contributed by atoms with van der Waals surface area (Å²) in [7, 11) is -1.66. The van der Waals surface area contributed by atoms with Crippen LogP contribution in [-0.4, -0.2) is 25.4 Å². The Morgan fingerprint density at radius 3 is 2.28 bits per heavy atom. The minimum atomic E-state index is -3.14. The molecule has 0 fully saturated rings. The normalized spacial score (nSPS) is 11.5. The zero-order valence-corrected chi connectivity index (χ0v) is 11.8. The predicted molar refractivity (Wildman–Crippen MR) is 69.2 cm³/mol. The van der Waals surface area contributed by atoms with Crippen LogP contribution < -0.4 is 4.74 Å². The lowest BCUT2D eigenvalue weighted by Gasteiger charge is -2.17. The largest absolute Gasteiger partial charge is 0.504 e. The summed E-state index contributed by atoms with van der Waals surface area (Å²) in [5.41, 5.74) is 0.679. The van der Waals surface area contributed by atoms with Crippen LogP contribution in [0.1, 0.15) is 19.4 Å². The summed E-state index contributed by atoms with van der Waals surface area (Å²) < 4.78 is 27.6. The van der Waals surface area contributed by atoms with Crippen LogP contribution in [0.4, 0.5) is 0 Å². The van der Waals surface area contributed by atoms with E-state index in [9.17, 15) is 9.67 Å². The molecule has 0 unspecified atom stereocenters. The highest BCUT2D eigenvalue weighted by Gasteiger charge is 2.24. The van der Waals surface area contributed by atoms with Crippen LogP contribution in [0.5, 0.6) is 11.5 Å². The van der Waals surface area contributed by atoms with E-state index in [2.05, 4.69) is 0 Å². The van der Waals surface area contributed by atoms with Crippen molar-refractivity contribution in [1.29, 1.82) is 0 Å². The number of benzene rings is 1. The molecule has 0 radical (unpaired) electrons. The number of phenolic OH excluding ortho intramolecular Hbond substituents is 1. The van der Waals surface area contributed by atoms with Gasteiger partial charge in [0.2, 0.25) is 0 Å². The second kappa shape index (κ2) is 6.78. The Morgan fingerprint density at radius 2 is 1.83 bits per heavy atom. The van der Waals surface area contributed by atoms with Crippen molar-refractivity contribution < 1.29 is 23.5 Å². The summed E-state index contributed by atoms with van der Waals surface area (Å²) in [4.78, 5) is 0. The Morgan fingerprint density at radius 1 is 1.22 bits per heavy atom. The first-order valence-electron chi connectivity index (χ1n) is 5.78. The molecule has 1 aromatic rings. The maximum atomic E-state index is 12.3. The van der Waals surface area contributed by atoms with Crippen LogP contribution in [-0.2, 0) is 19.8 Å². The van der Waals surface area contributed by atoms with Crippen molar-refractivity contribution in [3.05, 3.63) is 23.8 Å². The molecule has 0 spiro atoms. The lowest BCUT2D eigenvalue weighted by Crippen LogP contribution is -1.99. The molecule has 0 heterocycles. The van der Waals surface area contributed by atoms with Crippen molar-refractivity contribution >= 4 is 7.60 Å². The van der Waals surface area contributed by atoms with E-state index in [1.54, 1.807) is 26.0 Å². The van der Waals surface area contributed by atoms with Crippen molar-refractivity contribution in [2.45, 2.75) is 20.0 Å². The Hall–Kier alpha value is -1.03. The molecule has 0 bridgehead atoms. The van der Waals surface area contributed by atoms with Gasteiger partial charge in [-0.25, -0.2) is 0 Å². The first-order valence-corrected chi connectivity index (χ1v) is 7.51. The first kappa shape index (κ1) is 15.0. The van der Waals surface area contributed by atoms with E-state index < -0.39 is 7.60 Å². The summed E-state index contributed by atoms with van der Waals surface area (Å²) in [5, 5.41) is 9.65. The van der Waals surface area contributed by atoms with Crippen LogP contribution in [0.25, 0.3) is 0 Å². The third kappa shape index (κ3) is 4.02. The molecule has 0 aromatic heterocycles. The Labute approximate surface area is 107 Å². The number of rotatable bonds is 7. The van der Waals surface area contributed by atoms with Crippen molar-refractivity contribution in [3.8, 4) is 11.5 Å². The molecular weight excluding hydrogens is 255 g/mol. The van der Waals surface area contributed by atoms with Gasteiger partial charge in [0.15, 0.2) is 11.5 Å². The highest BCUT2D eigenvalue weighted by atomic mass is 31.2. The number of aromatic hydroxyl groups is 1. The lowest BCUT2D eigenvalue weighted by molar-refractivity contribution is 0.219. The fraction of sp³-hybridized carbons (Fsp3) is 0.500. The SMILES string of the molecule is CCOP(=O)(Cc1ccc(OC)c(O)c1)OCC. The topological polar surface area (TPSA) is 65.0 Å². The number of hydrogen-bond acceptors (Lipinski definition) is 5. The van der Waals surface area contributed by atoms with Crippen LogP contribution >= 0.6 is 7.60 Å². The van der Waals surface area contributed by atoms with Gasteiger partial charge in [0.05, 0.1) is 26.5 Å². The summed E-state index contributed by atoms with van der Waals surface area (Å²) >= 11 is 0. The van der Waals surface area contributed by atoms with E-state index in [4.69, 9.17) is 13.8 Å². The van der Waals surface area contributed by atoms with Gasteiger partial charge in [-0.15, -0.1) is 0 Å². The van der Waals surface area contributed by atoms with Crippen LogP contribution in [0.3, 0.4) is 0 Å². The van der Waals surface area contributed by atoms with E-state index in [1.807, 2.05) is 0 Å². The Kier molecular flexibility index (Phi) is 5.66. The van der Waals surface area contributed by atoms with E-state index in [-0.39, 0.29) is 11.9 Å². The maximum absolute atomic E-state index is 12.3. The number of hydrogen-bond donors (Lipinski definition) is 1. The smallest absolute Gasteiger partial charge is 0.335 e. The van der Waals surface area contributed by atoms with Crippen LogP contribution in [0, 0.1) is 0 Å².